The number of carbonyl (C=O) groups excluding carboxylic acids is 2. The van der Waals surface area contributed by atoms with Crippen molar-refractivity contribution in [3.63, 3.8) is 0 Å². The van der Waals surface area contributed by atoms with Gasteiger partial charge in [0.05, 0.1) is 21.3 Å². The van der Waals surface area contributed by atoms with Crippen LogP contribution in [-0.4, -0.2) is 97.3 Å². The van der Waals surface area contributed by atoms with Gasteiger partial charge in [0.25, 0.3) is 11.8 Å². The Kier molecular flexibility index (Phi) is 12.2. The lowest BCUT2D eigenvalue weighted by Gasteiger charge is -2.15. The Morgan fingerprint density at radius 2 is 1.25 bits per heavy atom. The van der Waals surface area contributed by atoms with Crippen LogP contribution < -0.4 is 24.8 Å². The van der Waals surface area contributed by atoms with Gasteiger partial charge in [-0.15, -0.1) is 0 Å². The Bertz CT molecular complexity index is 723. The first kappa shape index (κ1) is 27.3. The lowest BCUT2D eigenvalue weighted by Crippen LogP contribution is -2.36. The average Bonchev–Trinajstić information content (AvgIpc) is 2.76. The van der Waals surface area contributed by atoms with Crippen LogP contribution in [0.2, 0.25) is 0 Å². The molecule has 0 saturated heterocycles. The first-order valence-corrected chi connectivity index (χ1v) is 10.6. The van der Waals surface area contributed by atoms with Crippen LogP contribution in [0.25, 0.3) is 6.08 Å². The van der Waals surface area contributed by atoms with Crippen LogP contribution in [0.4, 0.5) is 0 Å². The zero-order valence-corrected chi connectivity index (χ0v) is 20.4. The summed E-state index contributed by atoms with van der Waals surface area (Å²) in [6, 6.07) is 3.39. The van der Waals surface area contributed by atoms with E-state index in [1.54, 1.807) is 12.1 Å². The minimum absolute atomic E-state index is 0.0222. The largest absolute Gasteiger partial charge is 0.493 e. The van der Waals surface area contributed by atoms with Crippen LogP contribution in [0.15, 0.2) is 17.7 Å². The summed E-state index contributed by atoms with van der Waals surface area (Å²) in [6.07, 6.45) is 3.09. The van der Waals surface area contributed by atoms with Gasteiger partial charge in [0.2, 0.25) is 5.75 Å². The van der Waals surface area contributed by atoms with Gasteiger partial charge in [-0.25, -0.2) is 0 Å². The molecule has 1 rings (SSSR count). The van der Waals surface area contributed by atoms with Crippen LogP contribution in [0.1, 0.15) is 18.4 Å². The Hall–Kier alpha value is -2.78. The van der Waals surface area contributed by atoms with Gasteiger partial charge in [0.15, 0.2) is 11.5 Å². The maximum absolute atomic E-state index is 12.9. The number of amides is 2. The van der Waals surface area contributed by atoms with E-state index in [4.69, 9.17) is 14.2 Å². The molecule has 0 heterocycles. The van der Waals surface area contributed by atoms with Gasteiger partial charge in [-0.05, 0) is 77.9 Å². The van der Waals surface area contributed by atoms with E-state index in [0.29, 0.717) is 35.9 Å². The minimum atomic E-state index is -0.428. The molecule has 0 aliphatic heterocycles. The molecule has 0 aliphatic carbocycles. The van der Waals surface area contributed by atoms with Crippen molar-refractivity contribution in [1.29, 1.82) is 0 Å². The zero-order chi connectivity index (χ0) is 24.1. The molecule has 0 fully saturated rings. The van der Waals surface area contributed by atoms with E-state index >= 15 is 0 Å². The standard InChI is InChI=1S/C23H38N4O5/c1-26(2)12-8-10-24-22(28)18(23(29)25-11-9-13-27(3)4)14-17-15-19(30-5)21(32-7)20(16-17)31-6/h14-16H,8-13H2,1-7H3,(H,24,28)(H,25,29). The third kappa shape index (κ3) is 9.15. The maximum Gasteiger partial charge on any atom is 0.256 e. The molecule has 2 N–H and O–H groups in total. The van der Waals surface area contributed by atoms with Crippen molar-refractivity contribution in [3.05, 3.63) is 23.3 Å². The number of ether oxygens (including phenoxy) is 3. The van der Waals surface area contributed by atoms with E-state index in [2.05, 4.69) is 10.6 Å². The first-order chi connectivity index (χ1) is 15.2. The number of benzene rings is 1. The highest BCUT2D eigenvalue weighted by Crippen LogP contribution is 2.38. The number of hydrogen-bond acceptors (Lipinski definition) is 7. The summed E-state index contributed by atoms with van der Waals surface area (Å²) in [6.45, 7) is 2.61. The highest BCUT2D eigenvalue weighted by Gasteiger charge is 2.19. The molecule has 0 saturated carbocycles. The number of hydrogen-bond donors (Lipinski definition) is 2. The third-order valence-electron chi connectivity index (χ3n) is 4.62. The molecule has 0 aromatic heterocycles. The Morgan fingerprint density at radius 1 is 0.812 bits per heavy atom. The smallest absolute Gasteiger partial charge is 0.256 e. The normalized spacial score (nSPS) is 10.7. The van der Waals surface area contributed by atoms with Gasteiger partial charge in [-0.2, -0.15) is 0 Å². The van der Waals surface area contributed by atoms with Crippen molar-refractivity contribution < 1.29 is 23.8 Å². The van der Waals surface area contributed by atoms with Crippen LogP contribution in [-0.2, 0) is 9.59 Å². The Balaban J connectivity index is 3.14. The molecular formula is C23H38N4O5. The van der Waals surface area contributed by atoms with Gasteiger partial charge < -0.3 is 34.6 Å². The summed E-state index contributed by atoms with van der Waals surface area (Å²) >= 11 is 0. The molecule has 0 unspecified atom stereocenters. The van der Waals surface area contributed by atoms with Crippen LogP contribution in [0.5, 0.6) is 17.2 Å². The second-order valence-corrected chi connectivity index (χ2v) is 7.84. The van der Waals surface area contributed by atoms with Gasteiger partial charge >= 0.3 is 0 Å². The van der Waals surface area contributed by atoms with Crippen molar-refractivity contribution in [2.45, 2.75) is 12.8 Å². The van der Waals surface area contributed by atoms with E-state index in [-0.39, 0.29) is 5.57 Å². The van der Waals surface area contributed by atoms with E-state index in [1.807, 2.05) is 38.0 Å². The molecule has 32 heavy (non-hydrogen) atoms. The van der Waals surface area contributed by atoms with Crippen LogP contribution in [0, 0.1) is 0 Å². The number of nitrogens with one attached hydrogen (secondary N) is 2. The number of carbonyl (C=O) groups is 2. The SMILES string of the molecule is COc1cc(C=C(C(=O)NCCCN(C)C)C(=O)NCCCN(C)C)cc(OC)c1OC. The van der Waals surface area contributed by atoms with Gasteiger partial charge in [0.1, 0.15) is 5.57 Å². The maximum atomic E-state index is 12.9. The fourth-order valence-corrected chi connectivity index (χ4v) is 2.97. The molecule has 180 valence electrons. The number of methoxy groups -OCH3 is 3. The zero-order valence-electron chi connectivity index (χ0n) is 20.4. The van der Waals surface area contributed by atoms with Crippen molar-refractivity contribution >= 4 is 17.9 Å². The lowest BCUT2D eigenvalue weighted by molar-refractivity contribution is -0.123. The summed E-state index contributed by atoms with van der Waals surface area (Å²) in [5.41, 5.74) is 0.607. The summed E-state index contributed by atoms with van der Waals surface area (Å²) < 4.78 is 16.1. The van der Waals surface area contributed by atoms with Gasteiger partial charge in [-0.1, -0.05) is 0 Å². The molecule has 0 aliphatic rings. The van der Waals surface area contributed by atoms with E-state index in [0.717, 1.165) is 25.9 Å². The van der Waals surface area contributed by atoms with Gasteiger partial charge in [-0.3, -0.25) is 9.59 Å². The fourth-order valence-electron chi connectivity index (χ4n) is 2.97. The Labute approximate surface area is 191 Å². The molecule has 0 spiro atoms. The highest BCUT2D eigenvalue weighted by molar-refractivity contribution is 6.21. The molecule has 1 aromatic rings. The molecule has 9 heteroatoms. The molecule has 0 radical (unpaired) electrons. The molecular weight excluding hydrogens is 412 g/mol. The lowest BCUT2D eigenvalue weighted by atomic mass is 10.1. The predicted molar refractivity (Wildman–Crippen MR) is 126 cm³/mol. The molecule has 1 aromatic carbocycles. The van der Waals surface area contributed by atoms with Crippen molar-refractivity contribution in [2.75, 3.05) is 75.7 Å². The molecule has 2 amide bonds. The quantitative estimate of drug-likeness (QED) is 0.191. The number of nitrogens with zero attached hydrogens (tertiary/aromatic N) is 2. The van der Waals surface area contributed by atoms with E-state index in [9.17, 15) is 9.59 Å². The summed E-state index contributed by atoms with van der Waals surface area (Å²) in [5.74, 6) is 0.464. The van der Waals surface area contributed by atoms with Gasteiger partial charge in [0, 0.05) is 13.1 Å². The topological polar surface area (TPSA) is 92.4 Å². The monoisotopic (exact) mass is 450 g/mol. The third-order valence-corrected chi connectivity index (χ3v) is 4.62. The molecule has 0 bridgehead atoms. The average molecular weight is 451 g/mol. The van der Waals surface area contributed by atoms with E-state index < -0.39 is 11.8 Å². The van der Waals surface area contributed by atoms with E-state index in [1.165, 1.54) is 27.4 Å². The second-order valence-electron chi connectivity index (χ2n) is 7.84. The minimum Gasteiger partial charge on any atom is -0.493 e. The van der Waals surface area contributed by atoms with Crippen LogP contribution in [0.3, 0.4) is 0 Å². The molecule has 9 nitrogen and oxygen atoms in total. The first-order valence-electron chi connectivity index (χ1n) is 10.6. The van der Waals surface area contributed by atoms with Crippen molar-refractivity contribution in [3.8, 4) is 17.2 Å². The second kappa shape index (κ2) is 14.3. The van der Waals surface area contributed by atoms with Crippen molar-refractivity contribution in [1.82, 2.24) is 20.4 Å². The predicted octanol–water partition coefficient (Wildman–Crippen LogP) is 1.23. The molecule has 0 atom stereocenters. The summed E-state index contributed by atoms with van der Waals surface area (Å²) in [4.78, 5) is 29.8. The summed E-state index contributed by atoms with van der Waals surface area (Å²) in [7, 11) is 12.4. The Morgan fingerprint density at radius 3 is 1.59 bits per heavy atom. The fraction of sp³-hybridized carbons (Fsp3) is 0.565. The number of rotatable bonds is 14. The highest BCUT2D eigenvalue weighted by atomic mass is 16.5. The summed E-state index contributed by atoms with van der Waals surface area (Å²) in [5, 5.41) is 5.68. The van der Waals surface area contributed by atoms with Crippen molar-refractivity contribution in [2.24, 2.45) is 0 Å². The van der Waals surface area contributed by atoms with Crippen LogP contribution >= 0.6 is 0 Å².